The monoisotopic (exact) mass is 500 g/mol. The van der Waals surface area contributed by atoms with E-state index in [1.54, 1.807) is 12.4 Å². The van der Waals surface area contributed by atoms with Crippen molar-refractivity contribution in [2.45, 2.75) is 64.8 Å². The smallest absolute Gasteiger partial charge is 0.404 e. The highest BCUT2D eigenvalue weighted by Crippen LogP contribution is 2.43. The SMILES string of the molecule is Cc1cc(-c2cncc(ON3CCC[C@@H]3C)c2)nc2c1C(=O)N(c1cnn(CC(F)(F)F)c1)C2(C)C. The fourth-order valence-corrected chi connectivity index (χ4v) is 4.97. The molecule has 36 heavy (non-hydrogen) atoms. The molecule has 3 aromatic rings. The Bertz CT molecular complexity index is 1320. The van der Waals surface area contributed by atoms with Gasteiger partial charge in [-0.2, -0.15) is 18.3 Å². The first-order chi connectivity index (χ1) is 16.9. The van der Waals surface area contributed by atoms with E-state index in [0.717, 1.165) is 35.2 Å². The van der Waals surface area contributed by atoms with Crippen LogP contribution in [0.4, 0.5) is 18.9 Å². The maximum Gasteiger partial charge on any atom is 0.408 e. The summed E-state index contributed by atoms with van der Waals surface area (Å²) in [4.78, 5) is 30.1. The number of carbonyl (C=O) groups excluding carboxylic acids is 1. The van der Waals surface area contributed by atoms with Gasteiger partial charge >= 0.3 is 6.18 Å². The van der Waals surface area contributed by atoms with Crippen LogP contribution in [0.15, 0.2) is 36.9 Å². The van der Waals surface area contributed by atoms with Crippen LogP contribution < -0.4 is 9.74 Å². The number of hydrogen-bond donors (Lipinski definition) is 0. The van der Waals surface area contributed by atoms with Crippen LogP contribution >= 0.6 is 0 Å². The van der Waals surface area contributed by atoms with Gasteiger partial charge in [-0.3, -0.25) is 19.4 Å². The van der Waals surface area contributed by atoms with Crippen molar-refractivity contribution >= 4 is 11.6 Å². The third-order valence-corrected chi connectivity index (χ3v) is 6.71. The fourth-order valence-electron chi connectivity index (χ4n) is 4.97. The molecule has 190 valence electrons. The van der Waals surface area contributed by atoms with E-state index in [1.165, 1.54) is 17.3 Å². The minimum absolute atomic E-state index is 0.282. The molecular formula is C25H27F3N6O2. The van der Waals surface area contributed by atoms with Crippen molar-refractivity contribution in [3.63, 3.8) is 0 Å². The summed E-state index contributed by atoms with van der Waals surface area (Å²) in [6, 6.07) is 4.02. The van der Waals surface area contributed by atoms with Gasteiger partial charge in [0.2, 0.25) is 0 Å². The molecule has 8 nitrogen and oxygen atoms in total. The second-order valence-corrected chi connectivity index (χ2v) is 9.89. The molecule has 0 bridgehead atoms. The Kier molecular flexibility index (Phi) is 5.77. The summed E-state index contributed by atoms with van der Waals surface area (Å²) in [6.07, 6.45) is 3.60. The van der Waals surface area contributed by atoms with Crippen molar-refractivity contribution in [1.29, 1.82) is 0 Å². The third kappa shape index (κ3) is 4.32. The number of aryl methyl sites for hydroxylation is 1. The van der Waals surface area contributed by atoms with Gasteiger partial charge in [0, 0.05) is 30.5 Å². The van der Waals surface area contributed by atoms with E-state index in [9.17, 15) is 18.0 Å². The molecule has 1 atom stereocenters. The number of halogens is 3. The van der Waals surface area contributed by atoms with E-state index in [0.29, 0.717) is 28.7 Å². The van der Waals surface area contributed by atoms with E-state index in [1.807, 2.05) is 38.0 Å². The lowest BCUT2D eigenvalue weighted by atomic mass is 9.96. The molecule has 2 aliphatic rings. The van der Waals surface area contributed by atoms with Gasteiger partial charge in [-0.25, -0.2) is 4.98 Å². The topological polar surface area (TPSA) is 76.4 Å². The quantitative estimate of drug-likeness (QED) is 0.497. The van der Waals surface area contributed by atoms with Crippen molar-refractivity contribution < 1.29 is 22.8 Å². The standard InChI is InChI=1S/C25H27F3N6O2/c1-15-8-20(17-9-19(12-29-10-17)36-33-7-5-6-16(33)2)31-22-21(15)23(35)34(24(22,3)4)18-11-30-32(13-18)14-25(26,27)28/h8-13,16H,5-7,14H2,1-4H3/t16-/m0/s1. The average Bonchev–Trinajstić information content (AvgIpc) is 3.45. The summed E-state index contributed by atoms with van der Waals surface area (Å²) in [5.74, 6) is 0.284. The molecule has 0 aromatic carbocycles. The Morgan fingerprint density at radius 3 is 2.67 bits per heavy atom. The second kappa shape index (κ2) is 8.58. The minimum Gasteiger partial charge on any atom is -0.404 e. The summed E-state index contributed by atoms with van der Waals surface area (Å²) >= 11 is 0. The number of hydroxylamine groups is 2. The number of fused-ring (bicyclic) bond motifs is 1. The number of alkyl halides is 3. The number of pyridine rings is 2. The molecule has 1 amide bonds. The second-order valence-electron chi connectivity index (χ2n) is 9.89. The zero-order valence-corrected chi connectivity index (χ0v) is 20.5. The molecule has 5 rings (SSSR count). The van der Waals surface area contributed by atoms with E-state index in [4.69, 9.17) is 9.82 Å². The van der Waals surface area contributed by atoms with Crippen molar-refractivity contribution in [3.8, 4) is 17.0 Å². The number of aromatic nitrogens is 4. The average molecular weight is 501 g/mol. The van der Waals surface area contributed by atoms with Gasteiger partial charge in [0.25, 0.3) is 5.91 Å². The molecule has 0 N–H and O–H groups in total. The zero-order valence-electron chi connectivity index (χ0n) is 20.5. The number of hydrogen-bond acceptors (Lipinski definition) is 6. The molecule has 0 aliphatic carbocycles. The first kappa shape index (κ1) is 24.2. The van der Waals surface area contributed by atoms with Crippen LogP contribution in [0.25, 0.3) is 11.3 Å². The summed E-state index contributed by atoms with van der Waals surface area (Å²) in [7, 11) is 0. The van der Waals surface area contributed by atoms with Crippen LogP contribution in [0.5, 0.6) is 5.75 Å². The van der Waals surface area contributed by atoms with E-state index in [-0.39, 0.29) is 11.6 Å². The third-order valence-electron chi connectivity index (χ3n) is 6.71. The lowest BCUT2D eigenvalue weighted by Gasteiger charge is -2.30. The maximum atomic E-state index is 13.4. The maximum absolute atomic E-state index is 13.4. The van der Waals surface area contributed by atoms with Crippen molar-refractivity contribution in [2.24, 2.45) is 0 Å². The summed E-state index contributed by atoms with van der Waals surface area (Å²) in [5.41, 5.74) is 2.46. The fraction of sp³-hybridized carbons (Fsp3) is 0.440. The highest BCUT2D eigenvalue weighted by atomic mass is 19.4. The number of carbonyl (C=O) groups is 1. The van der Waals surface area contributed by atoms with Crippen LogP contribution in [0, 0.1) is 6.92 Å². The molecule has 0 saturated carbocycles. The molecule has 5 heterocycles. The molecule has 2 aliphatic heterocycles. The first-order valence-corrected chi connectivity index (χ1v) is 11.8. The Morgan fingerprint density at radius 1 is 1.19 bits per heavy atom. The predicted octanol–water partition coefficient (Wildman–Crippen LogP) is 4.88. The predicted molar refractivity (Wildman–Crippen MR) is 126 cm³/mol. The summed E-state index contributed by atoms with van der Waals surface area (Å²) in [6.45, 7) is 7.21. The molecule has 0 spiro atoms. The molecule has 1 fully saturated rings. The normalized spacial score (nSPS) is 19.7. The minimum atomic E-state index is -4.41. The highest BCUT2D eigenvalue weighted by molar-refractivity contribution is 6.12. The lowest BCUT2D eigenvalue weighted by Crippen LogP contribution is -2.39. The molecular weight excluding hydrogens is 473 g/mol. The summed E-state index contributed by atoms with van der Waals surface area (Å²) in [5, 5.41) is 5.75. The Morgan fingerprint density at radius 2 is 1.97 bits per heavy atom. The number of amides is 1. The van der Waals surface area contributed by atoms with Crippen molar-refractivity contribution in [1.82, 2.24) is 24.8 Å². The van der Waals surface area contributed by atoms with Gasteiger partial charge < -0.3 is 4.84 Å². The zero-order chi connectivity index (χ0) is 25.8. The van der Waals surface area contributed by atoms with Gasteiger partial charge in [0.05, 0.1) is 40.6 Å². The van der Waals surface area contributed by atoms with Crippen LogP contribution in [-0.2, 0) is 12.1 Å². The van der Waals surface area contributed by atoms with Gasteiger partial charge in [-0.1, -0.05) is 0 Å². The summed E-state index contributed by atoms with van der Waals surface area (Å²) < 4.78 is 39.3. The largest absolute Gasteiger partial charge is 0.408 e. The lowest BCUT2D eigenvalue weighted by molar-refractivity contribution is -0.142. The molecule has 3 aromatic heterocycles. The van der Waals surface area contributed by atoms with E-state index < -0.39 is 18.3 Å². The molecule has 0 unspecified atom stereocenters. The first-order valence-electron chi connectivity index (χ1n) is 11.8. The highest BCUT2D eigenvalue weighted by Gasteiger charge is 2.47. The van der Waals surface area contributed by atoms with Gasteiger partial charge in [0.15, 0.2) is 5.75 Å². The van der Waals surface area contributed by atoms with Gasteiger partial charge in [0.1, 0.15) is 6.54 Å². The number of rotatable bonds is 5. The van der Waals surface area contributed by atoms with Gasteiger partial charge in [-0.15, -0.1) is 5.06 Å². The van der Waals surface area contributed by atoms with Crippen LogP contribution in [0.3, 0.4) is 0 Å². The number of anilines is 1. The molecule has 1 saturated heterocycles. The van der Waals surface area contributed by atoms with Crippen LogP contribution in [0.2, 0.25) is 0 Å². The number of nitrogens with zero attached hydrogens (tertiary/aromatic N) is 6. The van der Waals surface area contributed by atoms with Crippen molar-refractivity contribution in [2.75, 3.05) is 11.4 Å². The van der Waals surface area contributed by atoms with Crippen LogP contribution in [-0.4, -0.2) is 49.5 Å². The Balaban J connectivity index is 1.48. The van der Waals surface area contributed by atoms with Gasteiger partial charge in [-0.05, 0) is 58.2 Å². The molecule has 0 radical (unpaired) electrons. The van der Waals surface area contributed by atoms with E-state index in [2.05, 4.69) is 17.0 Å². The Hall–Kier alpha value is -3.47. The van der Waals surface area contributed by atoms with Crippen molar-refractivity contribution in [3.05, 3.63) is 53.7 Å². The molecule has 11 heteroatoms. The van der Waals surface area contributed by atoms with E-state index >= 15 is 0 Å². The van der Waals surface area contributed by atoms with Crippen LogP contribution in [0.1, 0.15) is 55.2 Å². The Labute approximate surface area is 206 Å².